The van der Waals surface area contributed by atoms with Gasteiger partial charge in [0.25, 0.3) is 0 Å². The van der Waals surface area contributed by atoms with Gasteiger partial charge < -0.3 is 15.4 Å². The first-order chi connectivity index (χ1) is 12.9. The van der Waals surface area contributed by atoms with E-state index in [1.54, 1.807) is 24.3 Å². The Morgan fingerprint density at radius 3 is 2.26 bits per heavy atom. The van der Waals surface area contributed by atoms with Crippen molar-refractivity contribution in [2.45, 2.75) is 57.0 Å². The van der Waals surface area contributed by atoms with Gasteiger partial charge in [0.2, 0.25) is 10.0 Å². The zero-order chi connectivity index (χ0) is 19.3. The SMILES string of the molecule is CS(=O)(=O)N(c1ccc(NC(=O)NC2CCCCC2)cc1)C1CCOCC1. The Labute approximate surface area is 161 Å². The lowest BCUT2D eigenvalue weighted by Gasteiger charge is -2.34. The molecule has 0 atom stereocenters. The number of urea groups is 1. The topological polar surface area (TPSA) is 87.7 Å². The molecule has 1 aromatic carbocycles. The van der Waals surface area contributed by atoms with Crippen LogP contribution in [0, 0.1) is 0 Å². The maximum Gasteiger partial charge on any atom is 0.319 e. The fourth-order valence-electron chi connectivity index (χ4n) is 3.88. The van der Waals surface area contributed by atoms with E-state index >= 15 is 0 Å². The number of amides is 2. The van der Waals surface area contributed by atoms with Gasteiger partial charge in [-0.2, -0.15) is 0 Å². The molecule has 1 heterocycles. The van der Waals surface area contributed by atoms with Crippen molar-refractivity contribution in [1.82, 2.24) is 5.32 Å². The molecule has 2 amide bonds. The van der Waals surface area contributed by atoms with E-state index in [9.17, 15) is 13.2 Å². The largest absolute Gasteiger partial charge is 0.381 e. The Balaban J connectivity index is 1.64. The highest BCUT2D eigenvalue weighted by Crippen LogP contribution is 2.27. The Bertz CT molecular complexity index is 724. The fourth-order valence-corrected chi connectivity index (χ4v) is 5.14. The molecule has 27 heavy (non-hydrogen) atoms. The molecular formula is C19H29N3O4S. The summed E-state index contributed by atoms with van der Waals surface area (Å²) in [6.07, 6.45) is 8.20. The summed E-state index contributed by atoms with van der Waals surface area (Å²) < 4.78 is 31.5. The lowest BCUT2D eigenvalue weighted by molar-refractivity contribution is 0.0876. The lowest BCUT2D eigenvalue weighted by atomic mass is 9.96. The van der Waals surface area contributed by atoms with Crippen molar-refractivity contribution in [3.05, 3.63) is 24.3 Å². The van der Waals surface area contributed by atoms with Crippen LogP contribution in [0.15, 0.2) is 24.3 Å². The summed E-state index contributed by atoms with van der Waals surface area (Å²) in [6, 6.07) is 6.91. The number of hydrogen-bond acceptors (Lipinski definition) is 4. The van der Waals surface area contributed by atoms with Gasteiger partial charge in [-0.25, -0.2) is 13.2 Å². The summed E-state index contributed by atoms with van der Waals surface area (Å²) in [4.78, 5) is 12.2. The third-order valence-corrected chi connectivity index (χ3v) is 6.42. The number of anilines is 2. The number of carbonyl (C=O) groups excluding carboxylic acids is 1. The van der Waals surface area contributed by atoms with Crippen molar-refractivity contribution in [2.75, 3.05) is 29.1 Å². The Kier molecular flexibility index (Phi) is 6.59. The molecule has 1 aromatic rings. The minimum atomic E-state index is -3.39. The summed E-state index contributed by atoms with van der Waals surface area (Å²) in [7, 11) is -3.39. The van der Waals surface area contributed by atoms with Gasteiger partial charge in [0.15, 0.2) is 0 Å². The maximum atomic E-state index is 12.3. The normalized spacial score (nSPS) is 19.4. The highest BCUT2D eigenvalue weighted by atomic mass is 32.2. The van der Waals surface area contributed by atoms with Crippen LogP contribution in [-0.2, 0) is 14.8 Å². The molecule has 2 fully saturated rings. The molecule has 3 rings (SSSR count). The molecule has 0 aromatic heterocycles. The van der Waals surface area contributed by atoms with Crippen LogP contribution in [0.1, 0.15) is 44.9 Å². The average molecular weight is 396 g/mol. The minimum Gasteiger partial charge on any atom is -0.381 e. The molecule has 8 heteroatoms. The van der Waals surface area contributed by atoms with Gasteiger partial charge in [0.05, 0.1) is 11.9 Å². The number of sulfonamides is 1. The molecular weight excluding hydrogens is 366 g/mol. The van der Waals surface area contributed by atoms with Gasteiger partial charge in [-0.3, -0.25) is 4.31 Å². The zero-order valence-corrected chi connectivity index (χ0v) is 16.6. The van der Waals surface area contributed by atoms with Crippen LogP contribution >= 0.6 is 0 Å². The predicted octanol–water partition coefficient (Wildman–Crippen LogP) is 3.09. The smallest absolute Gasteiger partial charge is 0.319 e. The van der Waals surface area contributed by atoms with Crippen LogP contribution in [0.2, 0.25) is 0 Å². The molecule has 2 aliphatic rings. The van der Waals surface area contributed by atoms with Crippen LogP contribution in [0.5, 0.6) is 0 Å². The number of nitrogens with zero attached hydrogens (tertiary/aromatic N) is 1. The van der Waals surface area contributed by atoms with Gasteiger partial charge in [0.1, 0.15) is 0 Å². The average Bonchev–Trinajstić information content (AvgIpc) is 2.64. The lowest BCUT2D eigenvalue weighted by Crippen LogP contribution is -2.43. The number of carbonyl (C=O) groups is 1. The summed E-state index contributed by atoms with van der Waals surface area (Å²) in [5.74, 6) is 0. The third-order valence-electron chi connectivity index (χ3n) is 5.20. The van der Waals surface area contributed by atoms with Crippen LogP contribution in [0.25, 0.3) is 0 Å². The van der Waals surface area contributed by atoms with Gasteiger partial charge in [-0.15, -0.1) is 0 Å². The fraction of sp³-hybridized carbons (Fsp3) is 0.632. The number of nitrogens with one attached hydrogen (secondary N) is 2. The first-order valence-corrected chi connectivity index (χ1v) is 11.5. The molecule has 0 unspecified atom stereocenters. The van der Waals surface area contributed by atoms with Crippen LogP contribution in [-0.4, -0.2) is 46.0 Å². The van der Waals surface area contributed by atoms with E-state index in [0.717, 1.165) is 25.7 Å². The highest BCUT2D eigenvalue weighted by Gasteiger charge is 2.28. The van der Waals surface area contributed by atoms with Crippen molar-refractivity contribution in [3.8, 4) is 0 Å². The standard InChI is InChI=1S/C19H29N3O4S/c1-27(24,25)22(18-11-13-26-14-12-18)17-9-7-16(8-10-17)21-19(23)20-15-5-3-2-4-6-15/h7-10,15,18H,2-6,11-14H2,1H3,(H2,20,21,23). The van der Waals surface area contributed by atoms with E-state index in [1.165, 1.54) is 17.0 Å². The molecule has 0 radical (unpaired) electrons. The minimum absolute atomic E-state index is 0.0952. The number of benzene rings is 1. The molecule has 1 saturated carbocycles. The van der Waals surface area contributed by atoms with E-state index in [1.807, 2.05) is 0 Å². The molecule has 2 N–H and O–H groups in total. The Hall–Kier alpha value is -1.80. The van der Waals surface area contributed by atoms with Crippen molar-refractivity contribution in [3.63, 3.8) is 0 Å². The summed E-state index contributed by atoms with van der Waals surface area (Å²) in [5, 5.41) is 5.85. The molecule has 150 valence electrons. The van der Waals surface area contributed by atoms with E-state index in [4.69, 9.17) is 4.74 Å². The first-order valence-electron chi connectivity index (χ1n) is 9.68. The van der Waals surface area contributed by atoms with Crippen molar-refractivity contribution in [1.29, 1.82) is 0 Å². The second-order valence-electron chi connectivity index (χ2n) is 7.38. The number of hydrogen-bond donors (Lipinski definition) is 2. The van der Waals surface area contributed by atoms with Gasteiger partial charge in [-0.05, 0) is 49.9 Å². The molecule has 0 spiro atoms. The van der Waals surface area contributed by atoms with Gasteiger partial charge in [0, 0.05) is 31.0 Å². The Morgan fingerprint density at radius 2 is 1.67 bits per heavy atom. The van der Waals surface area contributed by atoms with Crippen molar-refractivity contribution < 1.29 is 17.9 Å². The monoisotopic (exact) mass is 395 g/mol. The number of rotatable bonds is 5. The molecule has 0 bridgehead atoms. The van der Waals surface area contributed by atoms with E-state index in [-0.39, 0.29) is 18.1 Å². The zero-order valence-electron chi connectivity index (χ0n) is 15.8. The van der Waals surface area contributed by atoms with E-state index < -0.39 is 10.0 Å². The highest BCUT2D eigenvalue weighted by molar-refractivity contribution is 7.92. The maximum absolute atomic E-state index is 12.3. The molecule has 1 aliphatic heterocycles. The molecule has 7 nitrogen and oxygen atoms in total. The van der Waals surface area contributed by atoms with Gasteiger partial charge >= 0.3 is 6.03 Å². The predicted molar refractivity (Wildman–Crippen MR) is 107 cm³/mol. The van der Waals surface area contributed by atoms with Crippen molar-refractivity contribution >= 4 is 27.4 Å². The van der Waals surface area contributed by atoms with Gasteiger partial charge in [-0.1, -0.05) is 19.3 Å². The summed E-state index contributed by atoms with van der Waals surface area (Å²) >= 11 is 0. The Morgan fingerprint density at radius 1 is 1.04 bits per heavy atom. The first kappa shape index (κ1) is 19.9. The summed E-state index contributed by atoms with van der Waals surface area (Å²) in [5.41, 5.74) is 1.26. The van der Waals surface area contributed by atoms with E-state index in [2.05, 4.69) is 10.6 Å². The van der Waals surface area contributed by atoms with Crippen molar-refractivity contribution in [2.24, 2.45) is 0 Å². The van der Waals surface area contributed by atoms with E-state index in [0.29, 0.717) is 37.4 Å². The van der Waals surface area contributed by atoms with Crippen LogP contribution in [0.4, 0.5) is 16.2 Å². The third kappa shape index (κ3) is 5.59. The number of ether oxygens (including phenoxy) is 1. The second-order valence-corrected chi connectivity index (χ2v) is 9.24. The summed E-state index contributed by atoms with van der Waals surface area (Å²) in [6.45, 7) is 1.13. The molecule has 1 aliphatic carbocycles. The second kappa shape index (κ2) is 8.93. The quantitative estimate of drug-likeness (QED) is 0.802. The van der Waals surface area contributed by atoms with Crippen LogP contribution in [0.3, 0.4) is 0 Å². The molecule has 1 saturated heterocycles. The van der Waals surface area contributed by atoms with Crippen LogP contribution < -0.4 is 14.9 Å².